The number of alkyl halides is 1. The van der Waals surface area contributed by atoms with Gasteiger partial charge in [-0.3, -0.25) is 0 Å². The molecular weight excluding hydrogens is 124 g/mol. The van der Waals surface area contributed by atoms with E-state index in [1.807, 2.05) is 0 Å². The molecule has 0 bridgehead atoms. The first-order chi connectivity index (χ1) is 4.20. The highest BCUT2D eigenvalue weighted by atomic mass is 19.1. The molecule has 0 amide bonds. The highest BCUT2D eigenvalue weighted by molar-refractivity contribution is 5.22. The van der Waals surface area contributed by atoms with Crippen molar-refractivity contribution in [3.05, 3.63) is 24.1 Å². The van der Waals surface area contributed by atoms with E-state index in [2.05, 4.69) is 0 Å². The van der Waals surface area contributed by atoms with Crippen LogP contribution in [0, 0.1) is 0 Å². The number of allylic oxidation sites excluding steroid dienone is 2. The van der Waals surface area contributed by atoms with Gasteiger partial charge in [0.15, 0.2) is 0 Å². The summed E-state index contributed by atoms with van der Waals surface area (Å²) in [5.41, 5.74) is 5.17. The highest BCUT2D eigenvalue weighted by Crippen LogP contribution is 2.12. The van der Waals surface area contributed by atoms with Gasteiger partial charge in [0, 0.05) is 0 Å². The smallest absolute Gasteiger partial charge is 0.140 e. The Morgan fingerprint density at radius 3 is 2.67 bits per heavy atom. The van der Waals surface area contributed by atoms with Crippen molar-refractivity contribution in [3.63, 3.8) is 0 Å². The monoisotopic (exact) mass is 131 g/mol. The molecule has 50 valence electrons. The number of hydrogen-bond donors (Lipinski definition) is 1. The molecule has 0 fully saturated rings. The maximum Gasteiger partial charge on any atom is 0.140 e. The Morgan fingerprint density at radius 1 is 1.56 bits per heavy atom. The second kappa shape index (κ2) is 2.27. The molecule has 0 aliphatic heterocycles. The van der Waals surface area contributed by atoms with Crippen molar-refractivity contribution in [2.75, 3.05) is 0 Å². The van der Waals surface area contributed by atoms with E-state index < -0.39 is 18.0 Å². The van der Waals surface area contributed by atoms with Gasteiger partial charge < -0.3 is 5.73 Å². The van der Waals surface area contributed by atoms with E-state index in [-0.39, 0.29) is 0 Å². The number of halogens is 2. The third-order valence-corrected chi connectivity index (χ3v) is 1.16. The molecule has 0 spiro atoms. The Kier molecular flexibility index (Phi) is 1.62. The fraction of sp³-hybridized carbons (Fsp3) is 0.333. The van der Waals surface area contributed by atoms with Gasteiger partial charge in [0.05, 0.1) is 6.04 Å². The zero-order chi connectivity index (χ0) is 6.85. The molecule has 0 aromatic rings. The molecule has 1 aliphatic rings. The van der Waals surface area contributed by atoms with Crippen molar-refractivity contribution in [2.24, 2.45) is 5.73 Å². The zero-order valence-electron chi connectivity index (χ0n) is 4.72. The van der Waals surface area contributed by atoms with Crippen molar-refractivity contribution >= 4 is 0 Å². The van der Waals surface area contributed by atoms with Gasteiger partial charge in [0.2, 0.25) is 0 Å². The van der Waals surface area contributed by atoms with Crippen LogP contribution in [0.15, 0.2) is 24.1 Å². The summed E-state index contributed by atoms with van der Waals surface area (Å²) in [5.74, 6) is -0.552. The molecule has 1 rings (SSSR count). The average molecular weight is 131 g/mol. The van der Waals surface area contributed by atoms with Crippen LogP contribution in [-0.4, -0.2) is 12.2 Å². The largest absolute Gasteiger partial charge is 0.322 e. The maximum atomic E-state index is 12.3. The highest BCUT2D eigenvalue weighted by Gasteiger charge is 2.15. The number of hydrogen-bond acceptors (Lipinski definition) is 1. The first-order valence-electron chi connectivity index (χ1n) is 2.65. The van der Waals surface area contributed by atoms with Crippen molar-refractivity contribution in [1.29, 1.82) is 0 Å². The summed E-state index contributed by atoms with van der Waals surface area (Å²) in [4.78, 5) is 0. The summed E-state index contributed by atoms with van der Waals surface area (Å²) in [5, 5.41) is 0. The van der Waals surface area contributed by atoms with Gasteiger partial charge in [-0.1, -0.05) is 6.08 Å². The van der Waals surface area contributed by atoms with Crippen LogP contribution in [0.4, 0.5) is 8.78 Å². The lowest BCUT2D eigenvalue weighted by molar-refractivity contribution is 0.360. The zero-order valence-corrected chi connectivity index (χ0v) is 4.72. The maximum absolute atomic E-state index is 12.3. The molecule has 1 unspecified atom stereocenters. The van der Waals surface area contributed by atoms with Gasteiger partial charge >= 0.3 is 0 Å². The Morgan fingerprint density at radius 2 is 2.22 bits per heavy atom. The van der Waals surface area contributed by atoms with E-state index in [1.165, 1.54) is 12.2 Å². The summed E-state index contributed by atoms with van der Waals surface area (Å²) < 4.78 is 24.4. The van der Waals surface area contributed by atoms with Crippen LogP contribution in [0.3, 0.4) is 0 Å². The van der Waals surface area contributed by atoms with Gasteiger partial charge in [-0.05, 0) is 12.2 Å². The van der Waals surface area contributed by atoms with Gasteiger partial charge in [-0.2, -0.15) is 0 Å². The van der Waals surface area contributed by atoms with E-state index in [4.69, 9.17) is 5.73 Å². The molecule has 0 saturated carbocycles. The Balaban J connectivity index is 2.70. The Bertz CT molecular complexity index is 162. The van der Waals surface area contributed by atoms with E-state index in [1.54, 1.807) is 0 Å². The van der Waals surface area contributed by atoms with Gasteiger partial charge in [0.1, 0.15) is 12.0 Å². The molecule has 1 nitrogen and oxygen atoms in total. The van der Waals surface area contributed by atoms with Crippen LogP contribution in [0.5, 0.6) is 0 Å². The first-order valence-corrected chi connectivity index (χ1v) is 2.65. The SMILES string of the molecule is NC1C=CC(F)=C[C@H]1F. The van der Waals surface area contributed by atoms with Crippen molar-refractivity contribution in [1.82, 2.24) is 0 Å². The molecular formula is C6H7F2N. The molecule has 0 heterocycles. The van der Waals surface area contributed by atoms with Crippen LogP contribution >= 0.6 is 0 Å². The van der Waals surface area contributed by atoms with E-state index in [0.29, 0.717) is 0 Å². The second-order valence-corrected chi connectivity index (χ2v) is 1.93. The quantitative estimate of drug-likeness (QED) is 0.523. The number of rotatable bonds is 0. The van der Waals surface area contributed by atoms with Crippen LogP contribution in [-0.2, 0) is 0 Å². The lowest BCUT2D eigenvalue weighted by Gasteiger charge is -2.11. The Labute approximate surface area is 51.8 Å². The molecule has 0 radical (unpaired) electrons. The van der Waals surface area contributed by atoms with Gasteiger partial charge in [-0.25, -0.2) is 8.78 Å². The van der Waals surface area contributed by atoms with Gasteiger partial charge in [-0.15, -0.1) is 0 Å². The van der Waals surface area contributed by atoms with Crippen LogP contribution in [0.1, 0.15) is 0 Å². The normalized spacial score (nSPS) is 34.3. The first kappa shape index (κ1) is 6.42. The summed E-state index contributed by atoms with van der Waals surface area (Å²) >= 11 is 0. The molecule has 1 aliphatic carbocycles. The fourth-order valence-electron chi connectivity index (χ4n) is 0.628. The lowest BCUT2D eigenvalue weighted by Crippen LogP contribution is -2.29. The summed E-state index contributed by atoms with van der Waals surface area (Å²) in [6.07, 6.45) is 1.97. The molecule has 2 atom stereocenters. The second-order valence-electron chi connectivity index (χ2n) is 1.93. The molecule has 0 aromatic heterocycles. The average Bonchev–Trinajstić information content (AvgIpc) is 1.80. The molecule has 0 aromatic carbocycles. The van der Waals surface area contributed by atoms with E-state index in [0.717, 1.165) is 6.08 Å². The minimum Gasteiger partial charge on any atom is -0.322 e. The van der Waals surface area contributed by atoms with Crippen molar-refractivity contribution in [2.45, 2.75) is 12.2 Å². The topological polar surface area (TPSA) is 26.0 Å². The molecule has 0 saturated heterocycles. The van der Waals surface area contributed by atoms with Crippen LogP contribution in [0.2, 0.25) is 0 Å². The lowest BCUT2D eigenvalue weighted by atomic mass is 10.1. The molecule has 3 heteroatoms. The van der Waals surface area contributed by atoms with Crippen molar-refractivity contribution < 1.29 is 8.78 Å². The minimum atomic E-state index is -1.37. The van der Waals surface area contributed by atoms with E-state index >= 15 is 0 Å². The third-order valence-electron chi connectivity index (χ3n) is 1.16. The Hall–Kier alpha value is -0.700. The van der Waals surface area contributed by atoms with E-state index in [9.17, 15) is 8.78 Å². The summed E-state index contributed by atoms with van der Waals surface area (Å²) in [6.45, 7) is 0. The molecule has 9 heavy (non-hydrogen) atoms. The van der Waals surface area contributed by atoms with Crippen LogP contribution < -0.4 is 5.73 Å². The molecule has 2 N–H and O–H groups in total. The third kappa shape index (κ3) is 1.36. The fourth-order valence-corrected chi connectivity index (χ4v) is 0.628. The number of nitrogens with two attached hydrogens (primary N) is 1. The standard InChI is InChI=1S/C6H7F2N/c7-4-1-2-6(9)5(8)3-4/h1-3,5-6H,9H2/t5-,6?/m1/s1. The van der Waals surface area contributed by atoms with Gasteiger partial charge in [0.25, 0.3) is 0 Å². The summed E-state index contributed by atoms with van der Waals surface area (Å²) in [6, 6.07) is -0.676. The van der Waals surface area contributed by atoms with Crippen LogP contribution in [0.25, 0.3) is 0 Å². The predicted octanol–water partition coefficient (Wildman–Crippen LogP) is 1.08. The predicted molar refractivity (Wildman–Crippen MR) is 31.2 cm³/mol. The van der Waals surface area contributed by atoms with Crippen molar-refractivity contribution in [3.8, 4) is 0 Å². The minimum absolute atomic E-state index is 0.552. The summed E-state index contributed by atoms with van der Waals surface area (Å²) in [7, 11) is 0.